The molecule has 0 aromatic rings. The van der Waals surface area contributed by atoms with Crippen molar-refractivity contribution in [2.75, 3.05) is 0 Å². The molecular weight excluding hydrogens is 637 g/mol. The minimum atomic E-state index is 0.946. The highest BCUT2D eigenvalue weighted by atomic mass is 32.2. The van der Waals surface area contributed by atoms with Gasteiger partial charge < -0.3 is 0 Å². The summed E-state index contributed by atoms with van der Waals surface area (Å²) in [6, 6.07) is 5.78. The molecule has 11 aliphatic rings. The monoisotopic (exact) mass is 715 g/mol. The molecule has 3 heteroatoms. The molecule has 11 rings (SSSR count). The van der Waals surface area contributed by atoms with E-state index in [-0.39, 0.29) is 0 Å². The van der Waals surface area contributed by atoms with Gasteiger partial charge in [0.05, 0.1) is 0 Å². The zero-order valence-electron chi connectivity index (χ0n) is 32.9. The predicted octanol–water partition coefficient (Wildman–Crippen LogP) is 12.3. The number of nitrogens with zero attached hydrogens (tertiary/aromatic N) is 2. The van der Waals surface area contributed by atoms with Crippen molar-refractivity contribution in [2.24, 2.45) is 59.2 Å². The van der Waals surface area contributed by atoms with Gasteiger partial charge in [0, 0.05) is 46.8 Å². The number of thioether (sulfide) groups is 1. The Hall–Kier alpha value is 0.270. The fourth-order valence-corrected chi connectivity index (χ4v) is 20.2. The van der Waals surface area contributed by atoms with Gasteiger partial charge in [-0.2, -0.15) is 11.8 Å². The average molecular weight is 715 g/mol. The summed E-state index contributed by atoms with van der Waals surface area (Å²) in [5.74, 6) is 10.7. The van der Waals surface area contributed by atoms with Gasteiger partial charge in [0.1, 0.15) is 0 Å². The summed E-state index contributed by atoms with van der Waals surface area (Å²) in [6.45, 7) is 0. The van der Waals surface area contributed by atoms with Gasteiger partial charge in [-0.3, -0.25) is 9.80 Å². The van der Waals surface area contributed by atoms with Crippen molar-refractivity contribution in [3.63, 3.8) is 0 Å². The smallest absolute Gasteiger partial charge is 0.0135 e. The van der Waals surface area contributed by atoms with Crippen LogP contribution in [0.15, 0.2) is 0 Å². The fourth-order valence-electron chi connectivity index (χ4n) is 18.1. The van der Waals surface area contributed by atoms with E-state index in [9.17, 15) is 0 Å². The van der Waals surface area contributed by atoms with Crippen molar-refractivity contribution in [1.82, 2.24) is 9.80 Å². The van der Waals surface area contributed by atoms with Crippen LogP contribution in [0.3, 0.4) is 0 Å². The Morgan fingerprint density at radius 1 is 0.275 bits per heavy atom. The third-order valence-electron chi connectivity index (χ3n) is 20.0. The maximum Gasteiger partial charge on any atom is 0.0135 e. The van der Waals surface area contributed by atoms with Crippen LogP contribution < -0.4 is 0 Å². The lowest BCUT2D eigenvalue weighted by Gasteiger charge is -2.48. The van der Waals surface area contributed by atoms with E-state index in [1.807, 2.05) is 0 Å². The quantitative estimate of drug-likeness (QED) is 0.286. The zero-order chi connectivity index (χ0) is 33.5. The van der Waals surface area contributed by atoms with E-state index < -0.39 is 0 Å². The first kappa shape index (κ1) is 34.5. The van der Waals surface area contributed by atoms with Gasteiger partial charge in [0.15, 0.2) is 0 Å². The highest BCUT2D eigenvalue weighted by Crippen LogP contribution is 2.60. The molecular formula is C48H78N2S. The van der Waals surface area contributed by atoms with Crippen LogP contribution in [0, 0.1) is 59.2 Å². The van der Waals surface area contributed by atoms with E-state index in [1.54, 1.807) is 154 Å². The Labute approximate surface area is 318 Å². The molecule has 15 atom stereocenters. The summed E-state index contributed by atoms with van der Waals surface area (Å²) < 4.78 is 0. The Balaban J connectivity index is 0.783. The molecule has 51 heavy (non-hydrogen) atoms. The molecule has 11 fully saturated rings. The highest BCUT2D eigenvalue weighted by molar-refractivity contribution is 8.00. The number of hydrogen-bond donors (Lipinski definition) is 0. The van der Waals surface area contributed by atoms with E-state index in [4.69, 9.17) is 0 Å². The summed E-state index contributed by atoms with van der Waals surface area (Å²) in [4.78, 5) is 6.73. The van der Waals surface area contributed by atoms with Crippen LogP contribution in [0.1, 0.15) is 193 Å². The molecule has 286 valence electrons. The molecule has 0 N–H and O–H groups in total. The first-order valence-corrected chi connectivity index (χ1v) is 25.4. The van der Waals surface area contributed by atoms with Crippen LogP contribution in [0.5, 0.6) is 0 Å². The van der Waals surface area contributed by atoms with Crippen LogP contribution in [-0.2, 0) is 0 Å². The molecule has 3 heterocycles. The third-order valence-corrected chi connectivity index (χ3v) is 21.9. The van der Waals surface area contributed by atoms with E-state index in [2.05, 4.69) is 21.6 Å². The lowest BCUT2D eigenvalue weighted by Crippen LogP contribution is -2.51. The molecule has 8 saturated carbocycles. The Morgan fingerprint density at radius 3 is 1.61 bits per heavy atom. The van der Waals surface area contributed by atoms with E-state index in [1.165, 1.54) is 38.5 Å². The van der Waals surface area contributed by atoms with Crippen LogP contribution in [0.4, 0.5) is 0 Å². The van der Waals surface area contributed by atoms with Crippen LogP contribution >= 0.6 is 11.8 Å². The lowest BCUT2D eigenvalue weighted by atomic mass is 9.62. The van der Waals surface area contributed by atoms with Crippen LogP contribution in [0.2, 0.25) is 0 Å². The average Bonchev–Trinajstić information content (AvgIpc) is 3.85. The molecule has 15 unspecified atom stereocenters. The number of likely N-dealkylation sites (tertiary alicyclic amines) is 2. The summed E-state index contributed by atoms with van der Waals surface area (Å²) in [7, 11) is 0. The molecule has 0 aromatic carbocycles. The standard InChI is InChI=1S/C48H78N2S/c1-2-10-31(11-3-1)32-18-22-35(23-19-32)49-44-16-8-5-13-38(44)41-28-33(21-26-45(41)49)34-20-25-39-37-12-4-7-15-43(37)50(46(39)29-34)36-24-27-48-42(30-36)40-14-6-9-17-47(40)51-48/h31-48H,1-30H2. The topological polar surface area (TPSA) is 6.48 Å². The normalized spacial score (nSPS) is 53.8. The number of fused-ring (bicyclic) bond motifs is 9. The summed E-state index contributed by atoms with van der Waals surface area (Å²) in [5.41, 5.74) is 0. The molecule has 2 nitrogen and oxygen atoms in total. The van der Waals surface area contributed by atoms with E-state index >= 15 is 0 Å². The zero-order valence-corrected chi connectivity index (χ0v) is 33.7. The third kappa shape index (κ3) is 6.13. The lowest BCUT2D eigenvalue weighted by molar-refractivity contribution is 0.0131. The highest BCUT2D eigenvalue weighted by Gasteiger charge is 2.58. The predicted molar refractivity (Wildman–Crippen MR) is 215 cm³/mol. The Morgan fingerprint density at radius 2 is 0.804 bits per heavy atom. The first-order chi connectivity index (χ1) is 25.3. The molecule has 8 aliphatic carbocycles. The van der Waals surface area contributed by atoms with Gasteiger partial charge >= 0.3 is 0 Å². The molecule has 0 spiro atoms. The largest absolute Gasteiger partial charge is 0.294 e. The number of hydrogen-bond acceptors (Lipinski definition) is 3. The van der Waals surface area contributed by atoms with Gasteiger partial charge in [-0.15, -0.1) is 0 Å². The SMILES string of the molecule is C1CCC(C2CCC(N3C4CCCCC4C4CC(C5CCC6C7CCCCC7N(C7CCC8SC9CCCCC9C8C7)C6C5)CCC43)CC2)CC1. The second kappa shape index (κ2) is 14.6. The molecule has 0 radical (unpaired) electrons. The second-order valence-electron chi connectivity index (χ2n) is 21.8. The minimum absolute atomic E-state index is 0.946. The maximum atomic E-state index is 3.40. The van der Waals surface area contributed by atoms with E-state index in [0.717, 1.165) is 106 Å². The van der Waals surface area contributed by atoms with Crippen molar-refractivity contribution in [3.8, 4) is 0 Å². The Kier molecular flexibility index (Phi) is 9.91. The minimum Gasteiger partial charge on any atom is -0.294 e. The molecule has 3 saturated heterocycles. The second-order valence-corrected chi connectivity index (χ2v) is 23.3. The summed E-state index contributed by atoms with van der Waals surface area (Å²) in [5, 5.41) is 2.08. The maximum absolute atomic E-state index is 3.40. The Bertz CT molecular complexity index is 1190. The number of rotatable bonds is 4. The summed E-state index contributed by atoms with van der Waals surface area (Å²) in [6.07, 6.45) is 47.0. The summed E-state index contributed by atoms with van der Waals surface area (Å²) >= 11 is 2.50. The van der Waals surface area contributed by atoms with Crippen LogP contribution in [-0.4, -0.2) is 56.6 Å². The van der Waals surface area contributed by atoms with Gasteiger partial charge in [-0.05, 0) is 181 Å². The molecule has 0 bridgehead atoms. The van der Waals surface area contributed by atoms with Crippen molar-refractivity contribution < 1.29 is 0 Å². The molecule has 0 aromatic heterocycles. The van der Waals surface area contributed by atoms with Crippen LogP contribution in [0.25, 0.3) is 0 Å². The first-order valence-electron chi connectivity index (χ1n) is 24.5. The van der Waals surface area contributed by atoms with Gasteiger partial charge in [-0.25, -0.2) is 0 Å². The van der Waals surface area contributed by atoms with E-state index in [0.29, 0.717) is 0 Å². The fraction of sp³-hybridized carbons (Fsp3) is 1.00. The van der Waals surface area contributed by atoms with Crippen molar-refractivity contribution in [2.45, 2.75) is 239 Å². The van der Waals surface area contributed by atoms with Gasteiger partial charge in [0.2, 0.25) is 0 Å². The molecule has 3 aliphatic heterocycles. The molecule has 0 amide bonds. The van der Waals surface area contributed by atoms with Gasteiger partial charge in [-0.1, -0.05) is 70.6 Å². The van der Waals surface area contributed by atoms with Crippen molar-refractivity contribution in [3.05, 3.63) is 0 Å². The van der Waals surface area contributed by atoms with Crippen molar-refractivity contribution in [1.29, 1.82) is 0 Å². The van der Waals surface area contributed by atoms with Gasteiger partial charge in [0.25, 0.3) is 0 Å². The van der Waals surface area contributed by atoms with Crippen molar-refractivity contribution >= 4 is 11.8 Å².